The lowest BCUT2D eigenvalue weighted by Crippen LogP contribution is -2.43. The smallest absolute Gasteiger partial charge is 0.408 e. The lowest BCUT2D eigenvalue weighted by molar-refractivity contribution is -0.140. The van der Waals surface area contributed by atoms with E-state index >= 15 is 0 Å². The molecule has 0 heterocycles. The van der Waals surface area contributed by atoms with Crippen LogP contribution in [-0.2, 0) is 14.3 Å². The Morgan fingerprint density at radius 3 is 1.91 bits per heavy atom. The van der Waals surface area contributed by atoms with Crippen LogP contribution in [0.15, 0.2) is 0 Å². The second-order valence-electron chi connectivity index (χ2n) is 5.82. The average Bonchev–Trinajstić information content (AvgIpc) is 2.34. The molecule has 0 aliphatic carbocycles. The number of rotatable bonds is 7. The van der Waals surface area contributed by atoms with Gasteiger partial charge < -0.3 is 20.3 Å². The molecular formula is C15H29NO6. The van der Waals surface area contributed by atoms with Crippen molar-refractivity contribution in [1.82, 2.24) is 5.32 Å². The summed E-state index contributed by atoms with van der Waals surface area (Å²) >= 11 is 0. The van der Waals surface area contributed by atoms with E-state index in [0.29, 0.717) is 19.3 Å². The molecule has 0 radical (unpaired) electrons. The van der Waals surface area contributed by atoms with Crippen LogP contribution in [0, 0.1) is 0 Å². The minimum atomic E-state index is -1.04. The van der Waals surface area contributed by atoms with Crippen LogP contribution in [-0.4, -0.2) is 39.9 Å². The van der Waals surface area contributed by atoms with E-state index in [1.54, 1.807) is 20.8 Å². The zero-order chi connectivity index (χ0) is 17.8. The largest absolute Gasteiger partial charge is 0.481 e. The van der Waals surface area contributed by atoms with Gasteiger partial charge in [-0.2, -0.15) is 0 Å². The van der Waals surface area contributed by atoms with Crippen molar-refractivity contribution >= 4 is 18.0 Å². The molecule has 0 rings (SSSR count). The van der Waals surface area contributed by atoms with Crippen molar-refractivity contribution < 1.29 is 29.3 Å². The fourth-order valence-corrected chi connectivity index (χ4v) is 1.32. The van der Waals surface area contributed by atoms with E-state index in [1.807, 2.05) is 13.8 Å². The number of amides is 1. The first-order chi connectivity index (χ1) is 10.0. The first kappa shape index (κ1) is 22.5. The number of carbonyl (C=O) groups is 3. The van der Waals surface area contributed by atoms with E-state index in [-0.39, 0.29) is 0 Å². The van der Waals surface area contributed by atoms with E-state index < -0.39 is 29.7 Å². The third-order valence-electron chi connectivity index (χ3n) is 2.31. The van der Waals surface area contributed by atoms with Gasteiger partial charge in [-0.3, -0.25) is 4.79 Å². The molecule has 0 aliphatic rings. The second kappa shape index (κ2) is 11.8. The van der Waals surface area contributed by atoms with Gasteiger partial charge in [-0.05, 0) is 33.6 Å². The second-order valence-corrected chi connectivity index (χ2v) is 5.82. The van der Waals surface area contributed by atoms with Crippen LogP contribution in [0.3, 0.4) is 0 Å². The topological polar surface area (TPSA) is 113 Å². The minimum absolute atomic E-state index is 0.316. The third-order valence-corrected chi connectivity index (χ3v) is 2.31. The Bertz CT molecular complexity index is 348. The van der Waals surface area contributed by atoms with E-state index in [9.17, 15) is 14.4 Å². The summed E-state index contributed by atoms with van der Waals surface area (Å²) in [5, 5.41) is 19.1. The van der Waals surface area contributed by atoms with Crippen molar-refractivity contribution in [2.24, 2.45) is 0 Å². The summed E-state index contributed by atoms with van der Waals surface area (Å²) in [7, 11) is 0. The Balaban J connectivity index is 0. The molecular weight excluding hydrogens is 290 g/mol. The highest BCUT2D eigenvalue weighted by Crippen LogP contribution is 2.07. The molecule has 0 aromatic carbocycles. The van der Waals surface area contributed by atoms with Gasteiger partial charge in [0.2, 0.25) is 0 Å². The Kier molecular flexibility index (Phi) is 12.1. The van der Waals surface area contributed by atoms with Crippen molar-refractivity contribution in [3.63, 3.8) is 0 Å². The van der Waals surface area contributed by atoms with Gasteiger partial charge in [-0.1, -0.05) is 26.7 Å². The van der Waals surface area contributed by atoms with Gasteiger partial charge in [0.05, 0.1) is 0 Å². The highest BCUT2D eigenvalue weighted by Gasteiger charge is 2.22. The highest BCUT2D eigenvalue weighted by atomic mass is 16.6. The number of carboxylic acid groups (broad SMARTS) is 2. The molecule has 1 unspecified atom stereocenters. The Morgan fingerprint density at radius 1 is 1.09 bits per heavy atom. The Hall–Kier alpha value is -1.79. The van der Waals surface area contributed by atoms with Crippen LogP contribution in [0.25, 0.3) is 0 Å². The molecule has 1 amide bonds. The number of unbranched alkanes of at least 4 members (excludes halogenated alkanes) is 1. The number of nitrogens with one attached hydrogen (secondary N) is 1. The van der Waals surface area contributed by atoms with Crippen molar-refractivity contribution in [3.05, 3.63) is 0 Å². The molecule has 0 aromatic rings. The number of carbonyl (C=O) groups excluding carboxylic acids is 1. The summed E-state index contributed by atoms with van der Waals surface area (Å²) in [4.78, 5) is 31.7. The lowest BCUT2D eigenvalue weighted by Gasteiger charge is -2.21. The summed E-state index contributed by atoms with van der Waals surface area (Å²) in [6.45, 7) is 9.00. The maximum Gasteiger partial charge on any atom is 0.408 e. The zero-order valence-electron chi connectivity index (χ0n) is 14.1. The van der Waals surface area contributed by atoms with Crippen LogP contribution in [0.1, 0.15) is 66.7 Å². The lowest BCUT2D eigenvalue weighted by atomic mass is 10.2. The molecule has 3 N–H and O–H groups in total. The summed E-state index contributed by atoms with van der Waals surface area (Å²) in [5.41, 5.74) is -0.612. The molecule has 0 saturated heterocycles. The van der Waals surface area contributed by atoms with Crippen molar-refractivity contribution in [1.29, 1.82) is 0 Å². The van der Waals surface area contributed by atoms with Gasteiger partial charge in [-0.15, -0.1) is 0 Å². The zero-order valence-corrected chi connectivity index (χ0v) is 14.1. The molecule has 7 heteroatoms. The average molecular weight is 319 g/mol. The normalized spacial score (nSPS) is 11.7. The van der Waals surface area contributed by atoms with E-state index in [4.69, 9.17) is 14.9 Å². The van der Waals surface area contributed by atoms with Gasteiger partial charge in [-0.25, -0.2) is 9.59 Å². The quantitative estimate of drug-likeness (QED) is 0.664. The summed E-state index contributed by atoms with van der Waals surface area (Å²) in [5.74, 6) is -1.73. The predicted molar refractivity (Wildman–Crippen MR) is 82.9 cm³/mol. The number of alkyl carbamates (subject to hydrolysis) is 1. The van der Waals surface area contributed by atoms with Gasteiger partial charge in [0.25, 0.3) is 0 Å². The number of aliphatic carboxylic acids is 2. The SMILES string of the molecule is CCCC(NC(=O)OC(C)(C)C)C(=O)O.CCCCC(=O)O. The van der Waals surface area contributed by atoms with Gasteiger partial charge >= 0.3 is 18.0 Å². The van der Waals surface area contributed by atoms with E-state index in [2.05, 4.69) is 5.32 Å². The summed E-state index contributed by atoms with van der Waals surface area (Å²) in [6, 6.07) is -0.871. The maximum absolute atomic E-state index is 11.3. The predicted octanol–water partition coefficient (Wildman–Crippen LogP) is 3.03. The van der Waals surface area contributed by atoms with Crippen molar-refractivity contribution in [2.75, 3.05) is 0 Å². The van der Waals surface area contributed by atoms with E-state index in [0.717, 1.165) is 12.8 Å². The maximum atomic E-state index is 11.3. The van der Waals surface area contributed by atoms with Crippen LogP contribution >= 0.6 is 0 Å². The van der Waals surface area contributed by atoms with Gasteiger partial charge in [0, 0.05) is 6.42 Å². The van der Waals surface area contributed by atoms with Crippen molar-refractivity contribution in [3.8, 4) is 0 Å². The van der Waals surface area contributed by atoms with Crippen molar-refractivity contribution in [2.45, 2.75) is 78.4 Å². The molecule has 0 aliphatic heterocycles. The van der Waals surface area contributed by atoms with Gasteiger partial charge in [0.15, 0.2) is 0 Å². The summed E-state index contributed by atoms with van der Waals surface area (Å²) in [6.07, 6.45) is 2.47. The number of ether oxygens (including phenoxy) is 1. The molecule has 22 heavy (non-hydrogen) atoms. The molecule has 0 fully saturated rings. The molecule has 0 bridgehead atoms. The fourth-order valence-electron chi connectivity index (χ4n) is 1.32. The first-order valence-electron chi connectivity index (χ1n) is 7.47. The molecule has 7 nitrogen and oxygen atoms in total. The van der Waals surface area contributed by atoms with Gasteiger partial charge in [0.1, 0.15) is 11.6 Å². The Labute approximate surface area is 132 Å². The monoisotopic (exact) mass is 319 g/mol. The Morgan fingerprint density at radius 2 is 1.64 bits per heavy atom. The number of carboxylic acids is 2. The highest BCUT2D eigenvalue weighted by molar-refractivity contribution is 5.79. The molecule has 1 atom stereocenters. The summed E-state index contributed by atoms with van der Waals surface area (Å²) < 4.78 is 4.95. The van der Waals surface area contributed by atoms with Crippen LogP contribution in [0.5, 0.6) is 0 Å². The first-order valence-corrected chi connectivity index (χ1v) is 7.47. The fraction of sp³-hybridized carbons (Fsp3) is 0.800. The molecule has 0 spiro atoms. The van der Waals surface area contributed by atoms with E-state index in [1.165, 1.54) is 0 Å². The molecule has 130 valence electrons. The molecule has 0 saturated carbocycles. The van der Waals surface area contributed by atoms with Crippen LogP contribution in [0.4, 0.5) is 4.79 Å². The number of hydrogen-bond acceptors (Lipinski definition) is 4. The minimum Gasteiger partial charge on any atom is -0.481 e. The third kappa shape index (κ3) is 16.3. The van der Waals surface area contributed by atoms with Crippen LogP contribution in [0.2, 0.25) is 0 Å². The standard InChI is InChI=1S/C10H19NO4.C5H10O2/c1-5-6-7(8(12)13)11-9(14)15-10(2,3)4;1-2-3-4-5(6)7/h7H,5-6H2,1-4H3,(H,11,14)(H,12,13);2-4H2,1H3,(H,6,7). The number of hydrogen-bond donors (Lipinski definition) is 3. The van der Waals surface area contributed by atoms with Crippen LogP contribution < -0.4 is 5.32 Å². The molecule has 0 aromatic heterocycles.